The Labute approximate surface area is 69.5 Å². The number of carbonyl (C=O) groups is 1. The molecule has 0 spiro atoms. The Morgan fingerprint density at radius 3 is 2.55 bits per heavy atom. The molecule has 0 saturated carbocycles. The third kappa shape index (κ3) is 5.84. The lowest BCUT2D eigenvalue weighted by Crippen LogP contribution is -2.01. The topological polar surface area (TPSA) is 17.1 Å². The molecule has 0 rings (SSSR count). The van der Waals surface area contributed by atoms with Gasteiger partial charge in [-0.1, -0.05) is 39.7 Å². The van der Waals surface area contributed by atoms with Gasteiger partial charge in [-0.2, -0.15) is 0 Å². The molecule has 1 nitrogen and oxygen atoms in total. The quantitative estimate of drug-likeness (QED) is 0.439. The van der Waals surface area contributed by atoms with Gasteiger partial charge in [-0.3, -0.25) is 4.79 Å². The number of hydrogen-bond donors (Lipinski definition) is 0. The van der Waals surface area contributed by atoms with Crippen LogP contribution in [0.5, 0.6) is 0 Å². The fraction of sp³-hybridized carbons (Fsp3) is 0.700. The van der Waals surface area contributed by atoms with Gasteiger partial charge >= 0.3 is 0 Å². The number of unbranched alkanes of at least 4 members (excludes halogenated alkanes) is 2. The van der Waals surface area contributed by atoms with Gasteiger partial charge in [0.2, 0.25) is 0 Å². The van der Waals surface area contributed by atoms with Crippen molar-refractivity contribution in [2.75, 3.05) is 0 Å². The molecule has 11 heavy (non-hydrogen) atoms. The number of allylic oxidation sites excluding steroid dienone is 2. The number of ketones is 1. The predicted molar refractivity (Wildman–Crippen MR) is 48.5 cm³/mol. The van der Waals surface area contributed by atoms with E-state index in [2.05, 4.69) is 6.92 Å². The van der Waals surface area contributed by atoms with Gasteiger partial charge in [-0.15, -0.1) is 0 Å². The van der Waals surface area contributed by atoms with Gasteiger partial charge in [0.05, 0.1) is 0 Å². The molecule has 0 amide bonds. The molecule has 0 aliphatic rings. The van der Waals surface area contributed by atoms with Gasteiger partial charge in [0.25, 0.3) is 0 Å². The van der Waals surface area contributed by atoms with E-state index in [1.165, 1.54) is 12.8 Å². The van der Waals surface area contributed by atoms with Crippen LogP contribution in [0.25, 0.3) is 0 Å². The van der Waals surface area contributed by atoms with Gasteiger partial charge in [0.1, 0.15) is 0 Å². The van der Waals surface area contributed by atoms with Crippen LogP contribution in [0.2, 0.25) is 0 Å². The number of carbonyl (C=O) groups excluding carboxylic acids is 1. The third-order valence-corrected chi connectivity index (χ3v) is 1.58. The Kier molecular flexibility index (Phi) is 5.81. The standard InChI is InChI=1S/C10H18O/c1-4-5-6-7-8-10(11)9(2)3/h7-9H,4-6H2,1-3H3. The second kappa shape index (κ2) is 6.14. The number of hydrogen-bond acceptors (Lipinski definition) is 1. The van der Waals surface area contributed by atoms with Crippen LogP contribution in [-0.2, 0) is 4.79 Å². The summed E-state index contributed by atoms with van der Waals surface area (Å²) < 4.78 is 0. The second-order valence-electron chi connectivity index (χ2n) is 3.10. The summed E-state index contributed by atoms with van der Waals surface area (Å²) in [5.41, 5.74) is 0. The van der Waals surface area contributed by atoms with Crippen LogP contribution >= 0.6 is 0 Å². The van der Waals surface area contributed by atoms with Gasteiger partial charge in [-0.25, -0.2) is 0 Å². The minimum Gasteiger partial charge on any atom is -0.295 e. The average molecular weight is 154 g/mol. The lowest BCUT2D eigenvalue weighted by Gasteiger charge is -1.95. The maximum absolute atomic E-state index is 11.0. The molecule has 0 heterocycles. The van der Waals surface area contributed by atoms with Crippen LogP contribution in [0.3, 0.4) is 0 Å². The van der Waals surface area contributed by atoms with E-state index in [9.17, 15) is 4.79 Å². The first kappa shape index (κ1) is 10.4. The first-order valence-electron chi connectivity index (χ1n) is 4.38. The Bertz CT molecular complexity index is 134. The summed E-state index contributed by atoms with van der Waals surface area (Å²) in [5, 5.41) is 0. The Hall–Kier alpha value is -0.590. The largest absolute Gasteiger partial charge is 0.295 e. The zero-order valence-electron chi connectivity index (χ0n) is 7.76. The third-order valence-electron chi connectivity index (χ3n) is 1.58. The summed E-state index contributed by atoms with van der Waals surface area (Å²) in [5.74, 6) is 0.383. The Morgan fingerprint density at radius 1 is 1.45 bits per heavy atom. The van der Waals surface area contributed by atoms with E-state index in [1.54, 1.807) is 6.08 Å². The highest BCUT2D eigenvalue weighted by Crippen LogP contribution is 1.99. The molecular formula is C10H18O. The van der Waals surface area contributed by atoms with Crippen molar-refractivity contribution in [2.24, 2.45) is 5.92 Å². The maximum atomic E-state index is 11.0. The monoisotopic (exact) mass is 154 g/mol. The zero-order chi connectivity index (χ0) is 8.69. The SMILES string of the molecule is CCCCC=CC(=O)C(C)C. The molecule has 0 atom stereocenters. The lowest BCUT2D eigenvalue weighted by molar-refractivity contribution is -0.117. The molecule has 0 N–H and O–H groups in total. The maximum Gasteiger partial charge on any atom is 0.157 e. The van der Waals surface area contributed by atoms with E-state index < -0.39 is 0 Å². The molecule has 1 heteroatoms. The van der Waals surface area contributed by atoms with Crippen molar-refractivity contribution in [2.45, 2.75) is 40.0 Å². The molecule has 0 unspecified atom stereocenters. The van der Waals surface area contributed by atoms with Crippen molar-refractivity contribution in [3.63, 3.8) is 0 Å². The van der Waals surface area contributed by atoms with Crippen LogP contribution in [0.15, 0.2) is 12.2 Å². The van der Waals surface area contributed by atoms with Crippen molar-refractivity contribution < 1.29 is 4.79 Å². The second-order valence-corrected chi connectivity index (χ2v) is 3.10. The van der Waals surface area contributed by atoms with Crippen LogP contribution in [-0.4, -0.2) is 5.78 Å². The van der Waals surface area contributed by atoms with E-state index in [0.29, 0.717) is 0 Å². The summed E-state index contributed by atoms with van der Waals surface area (Å²) in [6, 6.07) is 0. The van der Waals surface area contributed by atoms with Gasteiger partial charge < -0.3 is 0 Å². The van der Waals surface area contributed by atoms with Crippen molar-refractivity contribution in [1.29, 1.82) is 0 Å². The number of rotatable bonds is 5. The van der Waals surface area contributed by atoms with E-state index in [-0.39, 0.29) is 11.7 Å². The molecule has 0 aromatic carbocycles. The first-order valence-corrected chi connectivity index (χ1v) is 4.38. The summed E-state index contributed by atoms with van der Waals surface area (Å²) in [6.45, 7) is 6.00. The van der Waals surface area contributed by atoms with E-state index in [1.807, 2.05) is 19.9 Å². The summed E-state index contributed by atoms with van der Waals surface area (Å²) >= 11 is 0. The Balaban J connectivity index is 3.49. The van der Waals surface area contributed by atoms with Gasteiger partial charge in [-0.05, 0) is 12.5 Å². The molecule has 0 aromatic heterocycles. The molecule has 0 fully saturated rings. The van der Waals surface area contributed by atoms with Crippen molar-refractivity contribution >= 4 is 5.78 Å². The van der Waals surface area contributed by atoms with E-state index in [0.717, 1.165) is 6.42 Å². The minimum atomic E-state index is 0.146. The first-order chi connectivity index (χ1) is 5.18. The van der Waals surface area contributed by atoms with Crippen LogP contribution in [0.1, 0.15) is 40.0 Å². The highest BCUT2D eigenvalue weighted by Gasteiger charge is 2.00. The fourth-order valence-corrected chi connectivity index (χ4v) is 0.714. The smallest absolute Gasteiger partial charge is 0.157 e. The molecular weight excluding hydrogens is 136 g/mol. The summed E-state index contributed by atoms with van der Waals surface area (Å²) in [6.07, 6.45) is 7.10. The van der Waals surface area contributed by atoms with Crippen LogP contribution < -0.4 is 0 Å². The van der Waals surface area contributed by atoms with Crippen molar-refractivity contribution in [3.8, 4) is 0 Å². The predicted octanol–water partition coefficient (Wildman–Crippen LogP) is 2.96. The molecule has 0 bridgehead atoms. The highest BCUT2D eigenvalue weighted by atomic mass is 16.1. The summed E-state index contributed by atoms with van der Waals surface area (Å²) in [4.78, 5) is 11.0. The van der Waals surface area contributed by atoms with Crippen LogP contribution in [0.4, 0.5) is 0 Å². The van der Waals surface area contributed by atoms with Crippen LogP contribution in [0, 0.1) is 5.92 Å². The normalized spacial score (nSPS) is 11.3. The lowest BCUT2D eigenvalue weighted by atomic mass is 10.1. The van der Waals surface area contributed by atoms with Gasteiger partial charge in [0.15, 0.2) is 5.78 Å². The summed E-state index contributed by atoms with van der Waals surface area (Å²) in [7, 11) is 0. The van der Waals surface area contributed by atoms with E-state index >= 15 is 0 Å². The van der Waals surface area contributed by atoms with Gasteiger partial charge in [0, 0.05) is 5.92 Å². The molecule has 0 aromatic rings. The molecule has 0 radical (unpaired) electrons. The fourth-order valence-electron chi connectivity index (χ4n) is 0.714. The molecule has 64 valence electrons. The zero-order valence-corrected chi connectivity index (χ0v) is 7.76. The van der Waals surface area contributed by atoms with Crippen molar-refractivity contribution in [3.05, 3.63) is 12.2 Å². The molecule has 0 aliphatic heterocycles. The van der Waals surface area contributed by atoms with Crippen molar-refractivity contribution in [1.82, 2.24) is 0 Å². The molecule has 0 saturated heterocycles. The Morgan fingerprint density at radius 2 is 2.09 bits per heavy atom. The highest BCUT2D eigenvalue weighted by molar-refractivity contribution is 5.91. The molecule has 0 aliphatic carbocycles. The van der Waals surface area contributed by atoms with E-state index in [4.69, 9.17) is 0 Å². The minimum absolute atomic E-state index is 0.146. The average Bonchev–Trinajstić information content (AvgIpc) is 1.97.